The number of amides is 1. The predicted octanol–water partition coefficient (Wildman–Crippen LogP) is 1.40. The number of hydrogen-bond acceptors (Lipinski definition) is 11. The number of hydrogen-bond donors (Lipinski definition) is 3. The fourth-order valence-electron chi connectivity index (χ4n) is 4.47. The van der Waals surface area contributed by atoms with Crippen molar-refractivity contribution in [1.29, 1.82) is 0 Å². The molecule has 0 radical (unpaired) electrons. The number of imidazole rings is 1. The number of rotatable bonds is 6. The maximum Gasteiger partial charge on any atom is 0.409 e. The van der Waals surface area contributed by atoms with Gasteiger partial charge < -0.3 is 34.3 Å². The summed E-state index contributed by atoms with van der Waals surface area (Å²) >= 11 is 0. The molecular formula is C22H29N7O6. The SMILES string of the molecule is CCOC(=O)N1CCC(Nc2ncnc3c2ncn3[C@@H]2O[C@H](c3ncc(CC)o3)[C@@H](O)[C@@H]2O)CC1. The Bertz CT molecular complexity index is 1170. The Hall–Kier alpha value is -3.29. The maximum absolute atomic E-state index is 11.9. The van der Waals surface area contributed by atoms with Crippen molar-refractivity contribution in [3.8, 4) is 0 Å². The number of anilines is 1. The van der Waals surface area contributed by atoms with Gasteiger partial charge >= 0.3 is 6.09 Å². The normalized spacial score (nSPS) is 25.3. The third-order valence-corrected chi connectivity index (χ3v) is 6.40. The van der Waals surface area contributed by atoms with Crippen LogP contribution in [0.1, 0.15) is 50.7 Å². The molecule has 3 aromatic rings. The number of aliphatic hydroxyl groups is 2. The van der Waals surface area contributed by atoms with Crippen molar-refractivity contribution in [2.75, 3.05) is 25.0 Å². The number of likely N-dealkylation sites (tertiary alicyclic amines) is 1. The zero-order valence-electron chi connectivity index (χ0n) is 19.6. The van der Waals surface area contributed by atoms with Gasteiger partial charge in [-0.3, -0.25) is 4.57 Å². The summed E-state index contributed by atoms with van der Waals surface area (Å²) in [7, 11) is 0. The molecule has 1 amide bonds. The van der Waals surface area contributed by atoms with E-state index in [1.165, 1.54) is 12.7 Å². The topological polar surface area (TPSA) is 161 Å². The van der Waals surface area contributed by atoms with Crippen LogP contribution in [0, 0.1) is 0 Å². The second kappa shape index (κ2) is 9.76. The van der Waals surface area contributed by atoms with Crippen LogP contribution in [-0.4, -0.2) is 83.7 Å². The number of nitrogens with zero attached hydrogens (tertiary/aromatic N) is 6. The first kappa shape index (κ1) is 23.5. The molecule has 2 saturated heterocycles. The van der Waals surface area contributed by atoms with Crippen molar-refractivity contribution < 1.29 is 28.9 Å². The molecule has 2 aliphatic rings. The molecule has 35 heavy (non-hydrogen) atoms. The Morgan fingerprint density at radius 1 is 1.17 bits per heavy atom. The van der Waals surface area contributed by atoms with E-state index in [0.29, 0.717) is 48.9 Å². The Labute approximate surface area is 201 Å². The molecule has 0 unspecified atom stereocenters. The van der Waals surface area contributed by atoms with Crippen LogP contribution in [0.2, 0.25) is 0 Å². The van der Waals surface area contributed by atoms with Gasteiger partial charge in [-0.15, -0.1) is 0 Å². The van der Waals surface area contributed by atoms with E-state index in [1.807, 2.05) is 6.92 Å². The summed E-state index contributed by atoms with van der Waals surface area (Å²) in [4.78, 5) is 31.0. The minimum atomic E-state index is -1.24. The van der Waals surface area contributed by atoms with Gasteiger partial charge in [-0.1, -0.05) is 6.92 Å². The molecule has 13 nitrogen and oxygen atoms in total. The fourth-order valence-corrected chi connectivity index (χ4v) is 4.47. The highest BCUT2D eigenvalue weighted by atomic mass is 16.6. The van der Waals surface area contributed by atoms with Gasteiger partial charge in [0.05, 0.1) is 19.1 Å². The monoisotopic (exact) mass is 487 g/mol. The number of aryl methyl sites for hydroxylation is 1. The van der Waals surface area contributed by atoms with Crippen molar-refractivity contribution >= 4 is 23.1 Å². The van der Waals surface area contributed by atoms with E-state index in [4.69, 9.17) is 13.9 Å². The first-order chi connectivity index (χ1) is 17.0. The number of aliphatic hydroxyl groups excluding tert-OH is 2. The van der Waals surface area contributed by atoms with Crippen LogP contribution in [0.3, 0.4) is 0 Å². The number of ether oxygens (including phenoxy) is 2. The molecule has 0 bridgehead atoms. The molecule has 2 fully saturated rings. The molecule has 3 N–H and O–H groups in total. The van der Waals surface area contributed by atoms with E-state index in [0.717, 1.165) is 12.8 Å². The van der Waals surface area contributed by atoms with Crippen molar-refractivity contribution in [2.24, 2.45) is 0 Å². The van der Waals surface area contributed by atoms with Gasteiger partial charge in [0.1, 0.15) is 24.3 Å². The molecule has 5 heterocycles. The van der Waals surface area contributed by atoms with E-state index in [2.05, 4.69) is 25.3 Å². The summed E-state index contributed by atoms with van der Waals surface area (Å²) in [6.45, 7) is 5.24. The number of carbonyl (C=O) groups excluding carboxylic acids is 1. The number of carbonyl (C=O) groups is 1. The Morgan fingerprint density at radius 2 is 1.97 bits per heavy atom. The lowest BCUT2D eigenvalue weighted by atomic mass is 10.1. The van der Waals surface area contributed by atoms with Gasteiger partial charge in [0.2, 0.25) is 5.89 Å². The van der Waals surface area contributed by atoms with Crippen LogP contribution in [0.5, 0.6) is 0 Å². The second-order valence-corrected chi connectivity index (χ2v) is 8.60. The molecule has 188 valence electrons. The summed E-state index contributed by atoms with van der Waals surface area (Å²) in [6, 6.07) is 0.0984. The lowest BCUT2D eigenvalue weighted by molar-refractivity contribution is -0.0439. The van der Waals surface area contributed by atoms with Crippen LogP contribution in [0.15, 0.2) is 23.3 Å². The molecule has 2 aliphatic heterocycles. The molecule has 0 saturated carbocycles. The Morgan fingerprint density at radius 3 is 2.69 bits per heavy atom. The van der Waals surface area contributed by atoms with Gasteiger partial charge in [-0.25, -0.2) is 24.7 Å². The summed E-state index contributed by atoms with van der Waals surface area (Å²) < 4.78 is 18.2. The van der Waals surface area contributed by atoms with Crippen LogP contribution in [0.4, 0.5) is 10.6 Å². The zero-order valence-corrected chi connectivity index (χ0v) is 19.6. The van der Waals surface area contributed by atoms with E-state index in [9.17, 15) is 15.0 Å². The second-order valence-electron chi connectivity index (χ2n) is 8.60. The standard InChI is InChI=1S/C22H29N7O6/c1-3-13-9-23-20(34-13)17-15(30)16(31)21(35-17)29-11-26-14-18(24-10-25-19(14)29)27-12-5-7-28(8-6-12)22(32)33-4-2/h9-12,15-17,21,30-31H,3-8H2,1-2H3,(H,24,25,27)/t15-,16-,17-,21+/m0/s1. The number of aromatic nitrogens is 5. The summed E-state index contributed by atoms with van der Waals surface area (Å²) in [5.41, 5.74) is 0.962. The first-order valence-electron chi connectivity index (χ1n) is 11.8. The lowest BCUT2D eigenvalue weighted by Crippen LogP contribution is -2.42. The van der Waals surface area contributed by atoms with Gasteiger partial charge in [-0.2, -0.15) is 0 Å². The highest BCUT2D eigenvalue weighted by Gasteiger charge is 2.47. The maximum atomic E-state index is 11.9. The highest BCUT2D eigenvalue weighted by molar-refractivity contribution is 5.82. The minimum absolute atomic E-state index is 0.0984. The third-order valence-electron chi connectivity index (χ3n) is 6.40. The predicted molar refractivity (Wildman–Crippen MR) is 121 cm³/mol. The summed E-state index contributed by atoms with van der Waals surface area (Å²) in [5, 5.41) is 24.7. The van der Waals surface area contributed by atoms with Crippen LogP contribution in [-0.2, 0) is 15.9 Å². The number of nitrogens with one attached hydrogen (secondary N) is 1. The third kappa shape index (κ3) is 4.42. The van der Waals surface area contributed by atoms with E-state index in [1.54, 1.807) is 22.6 Å². The smallest absolute Gasteiger partial charge is 0.409 e. The van der Waals surface area contributed by atoms with Crippen molar-refractivity contribution in [3.05, 3.63) is 30.5 Å². The lowest BCUT2D eigenvalue weighted by Gasteiger charge is -2.31. The zero-order chi connectivity index (χ0) is 24.5. The molecule has 13 heteroatoms. The average molecular weight is 488 g/mol. The minimum Gasteiger partial charge on any atom is -0.450 e. The number of oxazole rings is 1. The molecule has 0 spiro atoms. The van der Waals surface area contributed by atoms with Crippen LogP contribution >= 0.6 is 0 Å². The molecule has 3 aromatic heterocycles. The van der Waals surface area contributed by atoms with Crippen molar-refractivity contribution in [1.82, 2.24) is 29.4 Å². The number of fused-ring (bicyclic) bond motifs is 1. The van der Waals surface area contributed by atoms with Gasteiger partial charge in [0, 0.05) is 25.6 Å². The fraction of sp³-hybridized carbons (Fsp3) is 0.591. The van der Waals surface area contributed by atoms with Gasteiger partial charge in [-0.05, 0) is 19.8 Å². The largest absolute Gasteiger partial charge is 0.450 e. The average Bonchev–Trinajstić information content (AvgIpc) is 3.58. The van der Waals surface area contributed by atoms with E-state index in [-0.39, 0.29) is 18.0 Å². The highest BCUT2D eigenvalue weighted by Crippen LogP contribution is 2.39. The van der Waals surface area contributed by atoms with Crippen LogP contribution < -0.4 is 5.32 Å². The molecule has 5 rings (SSSR count). The summed E-state index contributed by atoms with van der Waals surface area (Å²) in [6.07, 6.45) is 2.00. The van der Waals surface area contributed by atoms with Crippen molar-refractivity contribution in [3.63, 3.8) is 0 Å². The van der Waals surface area contributed by atoms with Gasteiger partial charge in [0.25, 0.3) is 0 Å². The van der Waals surface area contributed by atoms with E-state index >= 15 is 0 Å². The van der Waals surface area contributed by atoms with E-state index < -0.39 is 24.5 Å². The molecule has 4 atom stereocenters. The molecule has 0 aromatic carbocycles. The van der Waals surface area contributed by atoms with Crippen LogP contribution in [0.25, 0.3) is 11.2 Å². The Kier molecular flexibility index (Phi) is 6.54. The summed E-state index contributed by atoms with van der Waals surface area (Å²) in [5.74, 6) is 1.43. The Balaban J connectivity index is 1.31. The first-order valence-corrected chi connectivity index (χ1v) is 11.8. The van der Waals surface area contributed by atoms with Gasteiger partial charge in [0.15, 0.2) is 29.3 Å². The van der Waals surface area contributed by atoms with Crippen molar-refractivity contribution in [2.45, 2.75) is 63.7 Å². The molecular weight excluding hydrogens is 458 g/mol. The molecule has 0 aliphatic carbocycles. The number of piperidine rings is 1. The quantitative estimate of drug-likeness (QED) is 0.461.